The lowest BCUT2D eigenvalue weighted by Crippen LogP contribution is -2.41. The van der Waals surface area contributed by atoms with Gasteiger partial charge < -0.3 is 24.6 Å². The Morgan fingerprint density at radius 3 is 2.18 bits per heavy atom. The molecule has 1 aliphatic heterocycles. The van der Waals surface area contributed by atoms with Gasteiger partial charge in [-0.05, 0) is 33.6 Å². The van der Waals surface area contributed by atoms with Crippen molar-refractivity contribution in [3.63, 3.8) is 0 Å². The molecule has 2 aliphatic rings. The van der Waals surface area contributed by atoms with E-state index in [1.54, 1.807) is 0 Å². The molecule has 3 atom stereocenters. The van der Waals surface area contributed by atoms with Crippen LogP contribution in [-0.4, -0.2) is 48.6 Å². The Balaban J connectivity index is 1.76. The molecule has 0 radical (unpaired) electrons. The lowest BCUT2D eigenvalue weighted by atomic mass is 9.79. The fourth-order valence-electron chi connectivity index (χ4n) is 3.00. The minimum absolute atomic E-state index is 0.0470. The van der Waals surface area contributed by atoms with Crippen LogP contribution < -0.4 is 0 Å². The Morgan fingerprint density at radius 2 is 1.73 bits per heavy atom. The van der Waals surface area contributed by atoms with Gasteiger partial charge in [0.2, 0.25) is 0 Å². The van der Waals surface area contributed by atoms with Crippen molar-refractivity contribution in [2.24, 2.45) is 5.92 Å². The lowest BCUT2D eigenvalue weighted by molar-refractivity contribution is -0.387. The van der Waals surface area contributed by atoms with Gasteiger partial charge in [0.25, 0.3) is 0 Å². The molecule has 1 saturated carbocycles. The van der Waals surface area contributed by atoms with Gasteiger partial charge in [-0.15, -0.1) is 0 Å². The van der Waals surface area contributed by atoms with Gasteiger partial charge in [-0.3, -0.25) is 0 Å². The standard InChI is InChI=1S/C13H22BN3O5/c1-7-9(8-6-15-17(16-8)13(18,19)20)10(7)14-21-11(2,3)12(4,5)22-14/h6-7,9-10,18-20H,1-5H3. The van der Waals surface area contributed by atoms with Gasteiger partial charge in [0.05, 0.1) is 23.1 Å². The van der Waals surface area contributed by atoms with E-state index in [0.29, 0.717) is 10.5 Å². The second kappa shape index (κ2) is 4.51. The van der Waals surface area contributed by atoms with Crippen LogP contribution in [0.3, 0.4) is 0 Å². The van der Waals surface area contributed by atoms with Crippen LogP contribution in [0, 0.1) is 5.92 Å². The van der Waals surface area contributed by atoms with Crippen LogP contribution in [0.2, 0.25) is 5.82 Å². The quantitative estimate of drug-likeness (QED) is 0.533. The normalized spacial score (nSPS) is 33.3. The van der Waals surface area contributed by atoms with E-state index in [0.717, 1.165) is 0 Å². The van der Waals surface area contributed by atoms with Crippen molar-refractivity contribution in [2.75, 3.05) is 0 Å². The Kier molecular flexibility index (Phi) is 3.26. The van der Waals surface area contributed by atoms with Crippen LogP contribution in [-0.2, 0) is 15.4 Å². The van der Waals surface area contributed by atoms with Crippen molar-refractivity contribution in [1.29, 1.82) is 0 Å². The van der Waals surface area contributed by atoms with E-state index in [4.69, 9.17) is 24.6 Å². The van der Waals surface area contributed by atoms with Gasteiger partial charge in [-0.25, -0.2) is 0 Å². The van der Waals surface area contributed by atoms with Crippen molar-refractivity contribution in [3.05, 3.63) is 11.9 Å². The van der Waals surface area contributed by atoms with E-state index in [2.05, 4.69) is 17.1 Å². The molecule has 1 saturated heterocycles. The Labute approximate surface area is 129 Å². The summed E-state index contributed by atoms with van der Waals surface area (Å²) in [6.45, 7) is 10.1. The van der Waals surface area contributed by atoms with Crippen LogP contribution >= 0.6 is 0 Å². The molecule has 1 aliphatic carbocycles. The van der Waals surface area contributed by atoms with Crippen molar-refractivity contribution in [1.82, 2.24) is 15.0 Å². The zero-order valence-corrected chi connectivity index (χ0v) is 13.4. The SMILES string of the molecule is CC1C(B2OC(C)(C)C(C)(C)O2)C1c1cnn(C(O)(O)O)n1. The molecule has 2 fully saturated rings. The highest BCUT2D eigenvalue weighted by Crippen LogP contribution is 2.62. The predicted octanol–water partition coefficient (Wildman–Crippen LogP) is 0.0185. The van der Waals surface area contributed by atoms with E-state index in [-0.39, 0.29) is 24.8 Å². The van der Waals surface area contributed by atoms with E-state index < -0.39 is 17.3 Å². The molecular weight excluding hydrogens is 289 g/mol. The smallest absolute Gasteiger partial charge is 0.403 e. The Bertz CT molecular complexity index is 566. The summed E-state index contributed by atoms with van der Waals surface area (Å²) in [6.07, 6.45) is -1.67. The maximum absolute atomic E-state index is 9.08. The number of rotatable bonds is 3. The van der Waals surface area contributed by atoms with Crippen molar-refractivity contribution in [2.45, 2.75) is 63.7 Å². The first kappa shape index (κ1) is 15.9. The molecule has 3 unspecified atom stereocenters. The second-order valence-electron chi connectivity index (χ2n) is 7.25. The minimum atomic E-state index is -3.09. The van der Waals surface area contributed by atoms with Crippen molar-refractivity contribution >= 4 is 7.12 Å². The Morgan fingerprint density at radius 1 is 1.18 bits per heavy atom. The van der Waals surface area contributed by atoms with Gasteiger partial charge in [-0.2, -0.15) is 10.2 Å². The largest absolute Gasteiger partial charge is 0.462 e. The molecule has 8 nitrogen and oxygen atoms in total. The molecule has 9 heteroatoms. The van der Waals surface area contributed by atoms with Crippen LogP contribution in [0.25, 0.3) is 0 Å². The average molecular weight is 311 g/mol. The maximum atomic E-state index is 9.08. The third-order valence-corrected chi connectivity index (χ3v) is 5.15. The molecule has 3 N–H and O–H groups in total. The fraction of sp³-hybridized carbons (Fsp3) is 0.846. The first-order valence-corrected chi connectivity index (χ1v) is 7.39. The molecule has 1 aromatic heterocycles. The van der Waals surface area contributed by atoms with E-state index >= 15 is 0 Å². The fourth-order valence-corrected chi connectivity index (χ4v) is 3.00. The molecule has 122 valence electrons. The summed E-state index contributed by atoms with van der Waals surface area (Å²) in [5, 5.41) is 34.9. The van der Waals surface area contributed by atoms with Gasteiger partial charge in [0.15, 0.2) is 0 Å². The zero-order valence-electron chi connectivity index (χ0n) is 13.4. The van der Waals surface area contributed by atoms with E-state index in [1.165, 1.54) is 6.20 Å². The first-order valence-electron chi connectivity index (χ1n) is 7.39. The van der Waals surface area contributed by atoms with Crippen molar-refractivity contribution < 1.29 is 24.6 Å². The number of nitrogens with zero attached hydrogens (tertiary/aromatic N) is 3. The van der Waals surface area contributed by atoms with Gasteiger partial charge in [0.1, 0.15) is 0 Å². The zero-order chi connectivity index (χ0) is 16.5. The van der Waals surface area contributed by atoms with Crippen molar-refractivity contribution in [3.8, 4) is 0 Å². The predicted molar refractivity (Wildman–Crippen MR) is 76.4 cm³/mol. The number of hydrogen-bond donors (Lipinski definition) is 3. The molecule has 0 amide bonds. The summed E-state index contributed by atoms with van der Waals surface area (Å²) >= 11 is 0. The maximum Gasteiger partial charge on any atom is 0.462 e. The van der Waals surface area contributed by atoms with Crippen LogP contribution in [0.1, 0.15) is 46.2 Å². The number of aliphatic hydroxyl groups is 3. The van der Waals surface area contributed by atoms with Crippen LogP contribution in [0.5, 0.6) is 0 Å². The van der Waals surface area contributed by atoms with E-state index in [1.807, 2.05) is 27.7 Å². The van der Waals surface area contributed by atoms with Gasteiger partial charge in [-0.1, -0.05) is 11.7 Å². The van der Waals surface area contributed by atoms with Crippen LogP contribution in [0.15, 0.2) is 6.20 Å². The third kappa shape index (κ3) is 2.37. The third-order valence-electron chi connectivity index (χ3n) is 5.15. The van der Waals surface area contributed by atoms with E-state index in [9.17, 15) is 0 Å². The molecule has 22 heavy (non-hydrogen) atoms. The number of aromatic nitrogens is 3. The highest BCUT2D eigenvalue weighted by Gasteiger charge is 2.64. The first-order chi connectivity index (χ1) is 9.94. The molecule has 1 aromatic rings. The summed E-state index contributed by atoms with van der Waals surface area (Å²) in [7, 11) is -0.336. The number of hydrogen-bond acceptors (Lipinski definition) is 7. The van der Waals surface area contributed by atoms with Gasteiger partial charge in [0, 0.05) is 11.7 Å². The molecule has 3 rings (SSSR count). The topological polar surface area (TPSA) is 110 Å². The highest BCUT2D eigenvalue weighted by atomic mass is 16.7. The summed E-state index contributed by atoms with van der Waals surface area (Å²) in [4.78, 5) is 0.467. The highest BCUT2D eigenvalue weighted by molar-refractivity contribution is 6.49. The van der Waals surface area contributed by atoms with Crippen LogP contribution in [0.4, 0.5) is 0 Å². The minimum Gasteiger partial charge on any atom is -0.403 e. The molecule has 0 bridgehead atoms. The summed E-state index contributed by atoms with van der Waals surface area (Å²) in [5.41, 5.74) is -0.203. The molecule has 0 spiro atoms. The Hall–Kier alpha value is -0.995. The molecule has 0 aromatic carbocycles. The lowest BCUT2D eigenvalue weighted by Gasteiger charge is -2.32. The summed E-state index contributed by atoms with van der Waals surface area (Å²) in [6, 6.07) is 0. The molecular formula is C13H22BN3O5. The van der Waals surface area contributed by atoms with Gasteiger partial charge >= 0.3 is 13.2 Å². The monoisotopic (exact) mass is 311 g/mol. The second-order valence-corrected chi connectivity index (χ2v) is 7.25. The summed E-state index contributed by atoms with van der Waals surface area (Å²) < 4.78 is 12.1. The molecule has 2 heterocycles. The average Bonchev–Trinajstić information content (AvgIpc) is 2.71. The summed E-state index contributed by atoms with van der Waals surface area (Å²) in [5.74, 6) is 0.438.